The summed E-state index contributed by atoms with van der Waals surface area (Å²) in [6, 6.07) is 9.79. The van der Waals surface area contributed by atoms with Gasteiger partial charge in [0, 0.05) is 18.1 Å². The fourth-order valence-electron chi connectivity index (χ4n) is 2.33. The predicted octanol–water partition coefficient (Wildman–Crippen LogP) is 1.06. The van der Waals surface area contributed by atoms with Gasteiger partial charge in [-0.25, -0.2) is 14.8 Å². The summed E-state index contributed by atoms with van der Waals surface area (Å²) < 4.78 is 0. The largest absolute Gasteiger partial charge is 0.476 e. The molecule has 1 aromatic carbocycles. The number of nitrogens with one attached hydrogen (secondary N) is 2. The number of hydrogen-bond acceptors (Lipinski definition) is 6. The Morgan fingerprint density at radius 2 is 2.25 bits per heavy atom. The first-order chi connectivity index (χ1) is 11.5. The lowest BCUT2D eigenvalue weighted by Crippen LogP contribution is -2.33. The van der Waals surface area contributed by atoms with Crippen LogP contribution < -0.4 is 21.2 Å². The van der Waals surface area contributed by atoms with E-state index in [2.05, 4.69) is 20.3 Å². The number of rotatable bonds is 5. The Hall–Kier alpha value is -3.26. The van der Waals surface area contributed by atoms with Crippen molar-refractivity contribution in [3.8, 4) is 0 Å². The second-order valence-electron chi connectivity index (χ2n) is 5.28. The molecular formula is C16H17N6O2+. The fourth-order valence-corrected chi connectivity index (χ4v) is 2.33. The zero-order valence-electron chi connectivity index (χ0n) is 13.0. The summed E-state index contributed by atoms with van der Waals surface area (Å²) in [4.78, 5) is 22.3. The van der Waals surface area contributed by atoms with Gasteiger partial charge in [-0.3, -0.25) is 4.98 Å². The Bertz CT molecular complexity index is 897. The average Bonchev–Trinajstić information content (AvgIpc) is 2.59. The van der Waals surface area contributed by atoms with Crippen molar-refractivity contribution in [3.63, 3.8) is 0 Å². The van der Waals surface area contributed by atoms with E-state index in [0.717, 1.165) is 16.5 Å². The van der Waals surface area contributed by atoms with Gasteiger partial charge in [0.15, 0.2) is 5.69 Å². The number of nitrogens with two attached hydrogens (primary N) is 1. The van der Waals surface area contributed by atoms with E-state index in [9.17, 15) is 4.79 Å². The number of aromatic amines is 1. The maximum absolute atomic E-state index is 11.1. The lowest BCUT2D eigenvalue weighted by Gasteiger charge is -2.11. The van der Waals surface area contributed by atoms with Crippen LogP contribution in [0, 0.1) is 0 Å². The van der Waals surface area contributed by atoms with Gasteiger partial charge in [0.1, 0.15) is 6.20 Å². The van der Waals surface area contributed by atoms with E-state index >= 15 is 0 Å². The van der Waals surface area contributed by atoms with Crippen LogP contribution >= 0.6 is 0 Å². The third-order valence-electron chi connectivity index (χ3n) is 3.50. The lowest BCUT2D eigenvalue weighted by atomic mass is 10.1. The van der Waals surface area contributed by atoms with Crippen molar-refractivity contribution in [1.82, 2.24) is 9.97 Å². The highest BCUT2D eigenvalue weighted by atomic mass is 16.4. The second kappa shape index (κ2) is 6.47. The molecule has 0 saturated carbocycles. The molecule has 3 rings (SSSR count). The molecule has 2 heterocycles. The number of H-pyrrole nitrogens is 1. The zero-order chi connectivity index (χ0) is 17.1. The van der Waals surface area contributed by atoms with E-state index in [1.807, 2.05) is 30.3 Å². The molecule has 0 atom stereocenters. The van der Waals surface area contributed by atoms with Crippen molar-refractivity contribution in [2.45, 2.75) is 6.54 Å². The van der Waals surface area contributed by atoms with Crippen LogP contribution in [0.1, 0.15) is 16.1 Å². The summed E-state index contributed by atoms with van der Waals surface area (Å²) in [5.74, 6) is 5.49. The fraction of sp³-hybridized carbons (Fsp3) is 0.125. The topological polar surface area (TPSA) is 119 Å². The molecule has 0 amide bonds. The Kier molecular flexibility index (Phi) is 4.21. The molecule has 0 spiro atoms. The Labute approximate surface area is 137 Å². The predicted molar refractivity (Wildman–Crippen MR) is 89.4 cm³/mol. The normalized spacial score (nSPS) is 10.6. The van der Waals surface area contributed by atoms with Gasteiger partial charge in [-0.05, 0) is 23.8 Å². The molecule has 0 aliphatic carbocycles. The van der Waals surface area contributed by atoms with Crippen LogP contribution in [-0.4, -0.2) is 28.1 Å². The number of aromatic carboxylic acids is 1. The standard InChI is InChI=1S/C16H16N6O2/c1-22(17)15-14(21-13(9-20-15)16(23)24)19-8-10-4-5-12-11(7-10)3-2-6-18-12/h2-7,9H,8,17H2,1H3,(H,19,21)(H,23,24)/p+1. The first-order valence-corrected chi connectivity index (χ1v) is 7.26. The quantitative estimate of drug-likeness (QED) is 0.474. The molecular weight excluding hydrogens is 308 g/mol. The van der Waals surface area contributed by atoms with E-state index in [-0.39, 0.29) is 5.69 Å². The third-order valence-corrected chi connectivity index (χ3v) is 3.50. The molecule has 0 unspecified atom stereocenters. The molecule has 2 aromatic heterocycles. The Balaban J connectivity index is 1.86. The molecule has 0 aliphatic heterocycles. The van der Waals surface area contributed by atoms with Crippen LogP contribution in [0.2, 0.25) is 0 Å². The number of pyridine rings is 1. The smallest absolute Gasteiger partial charge is 0.358 e. The number of hydrogen-bond donors (Lipinski definition) is 3. The number of anilines is 2. The van der Waals surface area contributed by atoms with Crippen molar-refractivity contribution < 1.29 is 14.9 Å². The van der Waals surface area contributed by atoms with Gasteiger partial charge in [-0.1, -0.05) is 12.1 Å². The number of carboxylic acid groups (broad SMARTS) is 1. The highest BCUT2D eigenvalue weighted by molar-refractivity contribution is 5.85. The van der Waals surface area contributed by atoms with Crippen molar-refractivity contribution in [1.29, 1.82) is 0 Å². The first kappa shape index (κ1) is 15.6. The van der Waals surface area contributed by atoms with E-state index in [1.54, 1.807) is 13.2 Å². The molecule has 0 fully saturated rings. The van der Waals surface area contributed by atoms with E-state index in [0.29, 0.717) is 18.2 Å². The van der Waals surface area contributed by atoms with Crippen LogP contribution in [0.5, 0.6) is 0 Å². The van der Waals surface area contributed by atoms with E-state index in [1.165, 1.54) is 11.2 Å². The zero-order valence-corrected chi connectivity index (χ0v) is 13.0. The van der Waals surface area contributed by atoms with Crippen molar-refractivity contribution in [3.05, 3.63) is 54.0 Å². The van der Waals surface area contributed by atoms with Crippen molar-refractivity contribution >= 4 is 28.5 Å². The number of nitrogens with zero attached hydrogens (tertiary/aromatic N) is 3. The minimum absolute atomic E-state index is 0.0918. The first-order valence-electron chi connectivity index (χ1n) is 7.26. The number of hydrazine groups is 1. The van der Waals surface area contributed by atoms with Gasteiger partial charge in [-0.2, -0.15) is 10.9 Å². The van der Waals surface area contributed by atoms with Crippen molar-refractivity contribution in [2.24, 2.45) is 5.84 Å². The van der Waals surface area contributed by atoms with Gasteiger partial charge in [0.25, 0.3) is 0 Å². The number of carbonyl (C=O) groups is 1. The van der Waals surface area contributed by atoms with Crippen molar-refractivity contribution in [2.75, 3.05) is 17.4 Å². The maximum Gasteiger partial charge on any atom is 0.358 e. The van der Waals surface area contributed by atoms with Crippen LogP contribution in [0.4, 0.5) is 11.6 Å². The third kappa shape index (κ3) is 3.23. The summed E-state index contributed by atoms with van der Waals surface area (Å²) in [6.45, 7) is 0.468. The van der Waals surface area contributed by atoms with Crippen LogP contribution in [-0.2, 0) is 6.54 Å². The summed E-state index contributed by atoms with van der Waals surface area (Å²) in [6.07, 6.45) is 3.05. The second-order valence-corrected chi connectivity index (χ2v) is 5.28. The summed E-state index contributed by atoms with van der Waals surface area (Å²) in [7, 11) is 1.64. The SMILES string of the molecule is CN(N)c1[nH+]cc(C(=O)O)nc1NCc1ccc2ncccc2c1. The summed E-state index contributed by atoms with van der Waals surface area (Å²) in [5, 5.41) is 14.6. The minimum atomic E-state index is -1.11. The molecule has 0 bridgehead atoms. The molecule has 122 valence electrons. The monoisotopic (exact) mass is 325 g/mol. The molecule has 24 heavy (non-hydrogen) atoms. The molecule has 3 aromatic rings. The molecule has 8 heteroatoms. The Morgan fingerprint density at radius 1 is 1.42 bits per heavy atom. The lowest BCUT2D eigenvalue weighted by molar-refractivity contribution is -0.364. The van der Waals surface area contributed by atoms with Gasteiger partial charge in [-0.15, -0.1) is 0 Å². The van der Waals surface area contributed by atoms with Crippen LogP contribution in [0.15, 0.2) is 42.7 Å². The van der Waals surface area contributed by atoms with Crippen LogP contribution in [0.25, 0.3) is 10.9 Å². The molecule has 5 N–H and O–H groups in total. The highest BCUT2D eigenvalue weighted by Gasteiger charge is 2.19. The number of fused-ring (bicyclic) bond motifs is 1. The number of benzene rings is 1. The van der Waals surface area contributed by atoms with Gasteiger partial charge >= 0.3 is 11.8 Å². The van der Waals surface area contributed by atoms with Gasteiger partial charge < -0.3 is 10.4 Å². The summed E-state index contributed by atoms with van der Waals surface area (Å²) >= 11 is 0. The average molecular weight is 325 g/mol. The maximum atomic E-state index is 11.1. The highest BCUT2D eigenvalue weighted by Crippen LogP contribution is 2.18. The summed E-state index contributed by atoms with van der Waals surface area (Å²) in [5.41, 5.74) is 1.84. The molecule has 0 aliphatic rings. The van der Waals surface area contributed by atoms with Gasteiger partial charge in [0.2, 0.25) is 5.82 Å². The van der Waals surface area contributed by atoms with E-state index in [4.69, 9.17) is 10.9 Å². The minimum Gasteiger partial charge on any atom is -0.476 e. The van der Waals surface area contributed by atoms with Gasteiger partial charge in [0.05, 0.1) is 12.6 Å². The Morgan fingerprint density at radius 3 is 3.00 bits per heavy atom. The number of aromatic nitrogens is 3. The molecule has 8 nitrogen and oxygen atoms in total. The molecule has 0 saturated heterocycles. The van der Waals surface area contributed by atoms with Crippen LogP contribution in [0.3, 0.4) is 0 Å². The number of carboxylic acids is 1. The van der Waals surface area contributed by atoms with E-state index < -0.39 is 5.97 Å². The molecule has 0 radical (unpaired) electrons.